The molecule has 0 saturated carbocycles. The number of aromatic nitrogens is 3. The van der Waals surface area contributed by atoms with Gasteiger partial charge >= 0.3 is 23.1 Å². The Morgan fingerprint density at radius 3 is 2.26 bits per heavy atom. The molecule has 0 amide bonds. The van der Waals surface area contributed by atoms with Gasteiger partial charge in [0, 0.05) is 11.5 Å². The second-order valence-electron chi connectivity index (χ2n) is 10.6. The summed E-state index contributed by atoms with van der Waals surface area (Å²) in [5.74, 6) is 0.295. The molecule has 6 rings (SSSR count). The molecular formula is C31H30MgN4O2-2. The Bertz CT molecular complexity index is 1800. The van der Waals surface area contributed by atoms with Gasteiger partial charge in [-0.05, 0) is 43.4 Å². The van der Waals surface area contributed by atoms with Crippen LogP contribution >= 0.6 is 0 Å². The van der Waals surface area contributed by atoms with E-state index in [-0.39, 0.29) is 52.6 Å². The zero-order valence-corrected chi connectivity index (χ0v) is 24.2. The van der Waals surface area contributed by atoms with Crippen molar-refractivity contribution in [1.82, 2.24) is 15.0 Å². The number of rotatable bonds is 1. The minimum atomic E-state index is -0.250. The van der Waals surface area contributed by atoms with E-state index in [0.29, 0.717) is 21.8 Å². The van der Waals surface area contributed by atoms with Gasteiger partial charge in [-0.3, -0.25) is 4.79 Å². The first-order chi connectivity index (χ1) is 17.7. The molecule has 190 valence electrons. The van der Waals surface area contributed by atoms with Crippen LogP contribution in [0.25, 0.3) is 41.5 Å². The minimum absolute atomic E-state index is 0. The molecule has 5 heterocycles. The van der Waals surface area contributed by atoms with E-state index in [2.05, 4.69) is 26.5 Å². The van der Waals surface area contributed by atoms with Gasteiger partial charge < -0.3 is 25.4 Å². The fraction of sp³-hybridized carbons (Fsp3) is 0.323. The van der Waals surface area contributed by atoms with Crippen LogP contribution < -0.4 is 36.2 Å². The molecule has 3 aromatic heterocycles. The van der Waals surface area contributed by atoms with E-state index in [1.807, 2.05) is 45.9 Å². The molecule has 0 spiro atoms. The Hall–Kier alpha value is -3.16. The molecule has 6 nitrogen and oxygen atoms in total. The van der Waals surface area contributed by atoms with Gasteiger partial charge in [-0.2, -0.15) is 5.70 Å². The summed E-state index contributed by atoms with van der Waals surface area (Å²) < 4.78 is 0. The summed E-state index contributed by atoms with van der Waals surface area (Å²) in [6.45, 7) is 16.3. The monoisotopic (exact) mass is 514 g/mol. The number of nitrogens with zero attached hydrogens (tertiary/aromatic N) is 4. The van der Waals surface area contributed by atoms with Crippen molar-refractivity contribution in [2.75, 3.05) is 0 Å². The third kappa shape index (κ3) is 3.55. The average Bonchev–Trinajstić information content (AvgIpc) is 3.58. The molecule has 38 heavy (non-hydrogen) atoms. The third-order valence-electron chi connectivity index (χ3n) is 8.74. The second-order valence-corrected chi connectivity index (χ2v) is 10.6. The molecule has 2 aliphatic heterocycles. The molecule has 3 aliphatic rings. The number of hydrogen-bond acceptors (Lipinski definition) is 2. The average molecular weight is 515 g/mol. The van der Waals surface area contributed by atoms with Crippen LogP contribution in [0.15, 0.2) is 12.3 Å². The van der Waals surface area contributed by atoms with Crippen LogP contribution in [0.4, 0.5) is 0 Å². The van der Waals surface area contributed by atoms with Gasteiger partial charge in [-0.1, -0.05) is 80.0 Å². The molecule has 0 aromatic carbocycles. The number of carbonyl (C=O) groups is 1. The molecule has 1 N–H and O–H groups in total. The van der Waals surface area contributed by atoms with Crippen molar-refractivity contribution in [1.29, 1.82) is 0 Å². The number of allylic oxidation sites excluding steroid dienone is 1. The number of Topliss-reactive ketones (excluding diaryl/α,β-unsaturated/α-hetero) is 1. The maximum Gasteiger partial charge on any atom is 2.00 e. The molecule has 0 radical (unpaired) electrons. The first-order valence-electron chi connectivity index (χ1n) is 12.8. The number of fused-ring (bicyclic) bond motifs is 8. The van der Waals surface area contributed by atoms with Crippen molar-refractivity contribution >= 4 is 65.0 Å². The molecule has 1 aliphatic carbocycles. The fourth-order valence-electron chi connectivity index (χ4n) is 6.16. The molecule has 4 atom stereocenters. The number of aliphatic hydroxyl groups excluding tert-OH is 1. The van der Waals surface area contributed by atoms with Crippen LogP contribution in [-0.4, -0.2) is 40.0 Å². The Morgan fingerprint density at radius 2 is 1.58 bits per heavy atom. The van der Waals surface area contributed by atoms with E-state index < -0.39 is 0 Å². The van der Waals surface area contributed by atoms with Crippen molar-refractivity contribution in [2.24, 2.45) is 17.8 Å². The second kappa shape index (κ2) is 9.24. The van der Waals surface area contributed by atoms with Crippen LogP contribution in [0, 0.1) is 38.5 Å². The Kier molecular flexibility index (Phi) is 6.43. The van der Waals surface area contributed by atoms with Crippen molar-refractivity contribution in [3.05, 3.63) is 83.8 Å². The van der Waals surface area contributed by atoms with Gasteiger partial charge in [-0.25, -0.2) is 0 Å². The molecule has 7 heteroatoms. The smallest absolute Gasteiger partial charge is 0.681 e. The Morgan fingerprint density at radius 1 is 0.895 bits per heavy atom. The van der Waals surface area contributed by atoms with E-state index in [0.717, 1.165) is 61.9 Å². The molecule has 1 unspecified atom stereocenters. The third-order valence-corrected chi connectivity index (χ3v) is 8.74. The van der Waals surface area contributed by atoms with Gasteiger partial charge in [0.1, 0.15) is 0 Å². The quantitative estimate of drug-likeness (QED) is 0.502. The predicted octanol–water partition coefficient (Wildman–Crippen LogP) is 2.06. The first kappa shape index (κ1) is 26.4. The van der Waals surface area contributed by atoms with E-state index in [1.54, 1.807) is 0 Å². The largest absolute Gasteiger partial charge is 2.00 e. The summed E-state index contributed by atoms with van der Waals surface area (Å²) in [7, 11) is 0. The maximum absolute atomic E-state index is 13.5. The van der Waals surface area contributed by atoms with E-state index in [4.69, 9.17) is 20.3 Å². The van der Waals surface area contributed by atoms with E-state index in [1.165, 1.54) is 0 Å². The molecule has 3 aromatic rings. The summed E-state index contributed by atoms with van der Waals surface area (Å²) in [6, 6.07) is -0.113. The van der Waals surface area contributed by atoms with Gasteiger partial charge in [0.15, 0.2) is 5.78 Å². The SMILES string of the molecule is C=Cc1c2[n-]c(c1C)/C=C1\[N-]C(C3=c4[n-]/c(c(C)c4C(=O)[C@@H]3C)=C\c3[n-]c(/c(=C\O)c3C)=C\2)[C@@H](C)[C@@H]1C.[Mg+2]. The minimum Gasteiger partial charge on any atom is -0.681 e. The predicted molar refractivity (Wildman–Crippen MR) is 152 cm³/mol. The molecule has 1 saturated heterocycles. The van der Waals surface area contributed by atoms with Gasteiger partial charge in [0.2, 0.25) is 0 Å². The summed E-state index contributed by atoms with van der Waals surface area (Å²) in [6.07, 6.45) is 8.80. The summed E-state index contributed by atoms with van der Waals surface area (Å²) in [5, 5.41) is 18.1. The Balaban J connectivity index is 0.00000294. The molecular weight excluding hydrogens is 485 g/mol. The fourth-order valence-corrected chi connectivity index (χ4v) is 6.16. The number of carbonyl (C=O) groups excluding carboxylic acids is 1. The van der Waals surface area contributed by atoms with Gasteiger partial charge in [0.05, 0.1) is 6.26 Å². The zero-order valence-electron chi connectivity index (χ0n) is 22.8. The maximum atomic E-state index is 13.5. The number of ketones is 1. The summed E-state index contributed by atoms with van der Waals surface area (Å²) in [5.41, 5.74) is 8.70. The van der Waals surface area contributed by atoms with Crippen molar-refractivity contribution in [3.63, 3.8) is 0 Å². The topological polar surface area (TPSA) is 93.7 Å². The van der Waals surface area contributed by atoms with Crippen LogP contribution in [0.5, 0.6) is 0 Å². The molecule has 1 fully saturated rings. The van der Waals surface area contributed by atoms with Gasteiger partial charge in [-0.15, -0.1) is 33.1 Å². The van der Waals surface area contributed by atoms with Crippen LogP contribution in [0.2, 0.25) is 0 Å². The van der Waals surface area contributed by atoms with Crippen molar-refractivity contribution < 1.29 is 9.90 Å². The van der Waals surface area contributed by atoms with Crippen molar-refractivity contribution in [2.45, 2.75) is 47.6 Å². The standard InChI is InChI=1S/C31H30N4O2.Mg/c1-8-19-15(4)22-9-21-13(2)14(3)29(34-21)27-18(7)31(37)28-17(6)24(35-30(27)28)10-23-16(5)20(12-36)26(33-23)11-25(19)32-22;/h8-14,18,29H,1H2,2-7H3,(H,36,37);/q-4;+2/b21-9-,26-11-;/t13-,14-,18+,29?;/m0./s1. The number of hydrogen-bond donors (Lipinski definition) is 1. The van der Waals surface area contributed by atoms with Crippen LogP contribution in [0.3, 0.4) is 0 Å². The summed E-state index contributed by atoms with van der Waals surface area (Å²) >= 11 is 0. The molecule has 8 bridgehead atoms. The number of aliphatic hydroxyl groups is 1. The van der Waals surface area contributed by atoms with Crippen LogP contribution in [0.1, 0.15) is 70.5 Å². The Labute approximate surface area is 238 Å². The normalized spacial score (nSPS) is 27.1. The van der Waals surface area contributed by atoms with E-state index in [9.17, 15) is 9.90 Å². The van der Waals surface area contributed by atoms with Crippen molar-refractivity contribution in [3.8, 4) is 0 Å². The van der Waals surface area contributed by atoms with Crippen LogP contribution in [-0.2, 0) is 0 Å². The zero-order chi connectivity index (χ0) is 26.3. The summed E-state index contributed by atoms with van der Waals surface area (Å²) in [4.78, 5) is 28.3. The first-order valence-corrected chi connectivity index (χ1v) is 12.8. The van der Waals surface area contributed by atoms with E-state index >= 15 is 0 Å². The van der Waals surface area contributed by atoms with Gasteiger partial charge in [0.25, 0.3) is 0 Å².